The van der Waals surface area contributed by atoms with Crippen molar-refractivity contribution < 1.29 is 20.1 Å². The van der Waals surface area contributed by atoms with E-state index in [1.807, 2.05) is 6.07 Å². The maximum absolute atomic E-state index is 11.3. The van der Waals surface area contributed by atoms with E-state index in [9.17, 15) is 20.1 Å². The Bertz CT molecular complexity index is 684. The molecule has 0 amide bonds. The molecule has 3 N–H and O–H groups in total. The third-order valence-electron chi connectivity index (χ3n) is 7.48. The Morgan fingerprint density at radius 3 is 2.79 bits per heavy atom. The highest BCUT2D eigenvalue weighted by Gasteiger charge is 2.61. The van der Waals surface area contributed by atoms with Crippen LogP contribution < -0.4 is 0 Å². The number of phenols is 1. The SMILES string of the molecule is C[C@]12CC[C@@H]3c4ccc(O)cc4CC[C@H]3[C@@H]1CCC2(O)CC(=O)O. The Balaban J connectivity index is 1.67. The van der Waals surface area contributed by atoms with Crippen molar-refractivity contribution in [2.24, 2.45) is 17.3 Å². The molecule has 0 heterocycles. The van der Waals surface area contributed by atoms with Crippen molar-refractivity contribution in [3.05, 3.63) is 29.3 Å². The van der Waals surface area contributed by atoms with E-state index in [0.29, 0.717) is 29.9 Å². The van der Waals surface area contributed by atoms with Gasteiger partial charge < -0.3 is 15.3 Å². The van der Waals surface area contributed by atoms with Crippen molar-refractivity contribution >= 4 is 5.97 Å². The summed E-state index contributed by atoms with van der Waals surface area (Å²) in [4.78, 5) is 11.3. The smallest absolute Gasteiger partial charge is 0.306 e. The third-order valence-corrected chi connectivity index (χ3v) is 7.48. The monoisotopic (exact) mass is 330 g/mol. The quantitative estimate of drug-likeness (QED) is 0.776. The first-order valence-corrected chi connectivity index (χ1v) is 9.10. The van der Waals surface area contributed by atoms with Gasteiger partial charge in [-0.25, -0.2) is 0 Å². The summed E-state index contributed by atoms with van der Waals surface area (Å²) < 4.78 is 0. The zero-order valence-electron chi connectivity index (χ0n) is 14.2. The van der Waals surface area contributed by atoms with Gasteiger partial charge in [-0.2, -0.15) is 0 Å². The van der Waals surface area contributed by atoms with Gasteiger partial charge in [-0.1, -0.05) is 13.0 Å². The van der Waals surface area contributed by atoms with Crippen LogP contribution in [0.3, 0.4) is 0 Å². The van der Waals surface area contributed by atoms with E-state index in [2.05, 4.69) is 13.0 Å². The molecular formula is C20H26O4. The van der Waals surface area contributed by atoms with Crippen molar-refractivity contribution in [2.75, 3.05) is 0 Å². The van der Waals surface area contributed by atoms with Gasteiger partial charge in [0.2, 0.25) is 0 Å². The van der Waals surface area contributed by atoms with Crippen molar-refractivity contribution in [3.63, 3.8) is 0 Å². The number of carboxylic acids is 1. The van der Waals surface area contributed by atoms with Crippen molar-refractivity contribution in [1.29, 1.82) is 0 Å². The van der Waals surface area contributed by atoms with Gasteiger partial charge in [0.1, 0.15) is 5.75 Å². The fourth-order valence-corrected chi connectivity index (χ4v) is 6.22. The van der Waals surface area contributed by atoms with Crippen LogP contribution in [0.15, 0.2) is 18.2 Å². The predicted octanol–water partition coefficient (Wildman–Crippen LogP) is 3.45. The lowest BCUT2D eigenvalue weighted by molar-refractivity contribution is -0.153. The number of aliphatic carboxylic acids is 1. The highest BCUT2D eigenvalue weighted by Crippen LogP contribution is 2.65. The summed E-state index contributed by atoms with van der Waals surface area (Å²) >= 11 is 0. The van der Waals surface area contributed by atoms with E-state index in [4.69, 9.17) is 0 Å². The molecule has 4 rings (SSSR count). The number of benzene rings is 1. The lowest BCUT2D eigenvalue weighted by Gasteiger charge is -2.53. The molecule has 1 aromatic carbocycles. The third kappa shape index (κ3) is 2.12. The van der Waals surface area contributed by atoms with Crippen LogP contribution in [0.1, 0.15) is 62.5 Å². The predicted molar refractivity (Wildman–Crippen MR) is 89.9 cm³/mol. The number of hydrogen-bond acceptors (Lipinski definition) is 3. The van der Waals surface area contributed by atoms with E-state index in [1.165, 1.54) is 11.1 Å². The van der Waals surface area contributed by atoms with Crippen LogP contribution in [-0.2, 0) is 11.2 Å². The molecule has 130 valence electrons. The summed E-state index contributed by atoms with van der Waals surface area (Å²) in [6, 6.07) is 5.75. The van der Waals surface area contributed by atoms with E-state index < -0.39 is 11.6 Å². The minimum Gasteiger partial charge on any atom is -0.508 e. The number of aryl methyl sites for hydroxylation is 1. The number of fused-ring (bicyclic) bond motifs is 5. The van der Waals surface area contributed by atoms with Crippen LogP contribution >= 0.6 is 0 Å². The van der Waals surface area contributed by atoms with E-state index in [1.54, 1.807) is 6.07 Å². The number of carbonyl (C=O) groups is 1. The molecule has 0 aromatic heterocycles. The Morgan fingerprint density at radius 2 is 2.04 bits per heavy atom. The molecule has 3 aliphatic rings. The molecule has 5 atom stereocenters. The van der Waals surface area contributed by atoms with Crippen LogP contribution in [0.4, 0.5) is 0 Å². The first-order chi connectivity index (χ1) is 11.3. The summed E-state index contributed by atoms with van der Waals surface area (Å²) in [5.74, 6) is 0.835. The normalized spacial score (nSPS) is 40.5. The number of rotatable bonds is 2. The largest absolute Gasteiger partial charge is 0.508 e. The Morgan fingerprint density at radius 1 is 1.25 bits per heavy atom. The fraction of sp³-hybridized carbons (Fsp3) is 0.650. The first-order valence-electron chi connectivity index (χ1n) is 9.10. The zero-order valence-corrected chi connectivity index (χ0v) is 14.2. The summed E-state index contributed by atoms with van der Waals surface area (Å²) in [6.45, 7) is 2.12. The average Bonchev–Trinajstić information content (AvgIpc) is 2.77. The molecule has 0 spiro atoms. The van der Waals surface area contributed by atoms with Gasteiger partial charge in [-0.3, -0.25) is 4.79 Å². The van der Waals surface area contributed by atoms with Crippen LogP contribution in [0.5, 0.6) is 5.75 Å². The molecule has 0 aliphatic heterocycles. The van der Waals surface area contributed by atoms with E-state index in [0.717, 1.165) is 32.1 Å². The van der Waals surface area contributed by atoms with Crippen molar-refractivity contribution in [1.82, 2.24) is 0 Å². The summed E-state index contributed by atoms with van der Waals surface area (Å²) in [5.41, 5.74) is 1.27. The van der Waals surface area contributed by atoms with Gasteiger partial charge in [0.15, 0.2) is 0 Å². The molecule has 0 bridgehead atoms. The van der Waals surface area contributed by atoms with Crippen molar-refractivity contribution in [2.45, 2.75) is 63.4 Å². The highest BCUT2D eigenvalue weighted by molar-refractivity contribution is 5.68. The topological polar surface area (TPSA) is 77.8 Å². The van der Waals surface area contributed by atoms with Gasteiger partial charge in [0.05, 0.1) is 12.0 Å². The van der Waals surface area contributed by atoms with Gasteiger partial charge in [-0.15, -0.1) is 0 Å². The molecule has 1 unspecified atom stereocenters. The van der Waals surface area contributed by atoms with Crippen LogP contribution in [0, 0.1) is 17.3 Å². The van der Waals surface area contributed by atoms with Gasteiger partial charge in [-0.05, 0) is 79.5 Å². The van der Waals surface area contributed by atoms with Crippen LogP contribution in [0.2, 0.25) is 0 Å². The van der Waals surface area contributed by atoms with Crippen LogP contribution in [0.25, 0.3) is 0 Å². The molecule has 0 saturated heterocycles. The van der Waals surface area contributed by atoms with Gasteiger partial charge >= 0.3 is 5.97 Å². The second-order valence-electron chi connectivity index (χ2n) is 8.40. The van der Waals surface area contributed by atoms with E-state index >= 15 is 0 Å². The van der Waals surface area contributed by atoms with Gasteiger partial charge in [0, 0.05) is 5.41 Å². The average molecular weight is 330 g/mol. The second kappa shape index (κ2) is 5.22. The molecule has 2 fully saturated rings. The molecule has 24 heavy (non-hydrogen) atoms. The zero-order chi connectivity index (χ0) is 17.1. The molecule has 3 aliphatic carbocycles. The van der Waals surface area contributed by atoms with Crippen LogP contribution in [-0.4, -0.2) is 26.9 Å². The molecule has 4 nitrogen and oxygen atoms in total. The summed E-state index contributed by atoms with van der Waals surface area (Å²) in [6.07, 6.45) is 5.31. The molecule has 2 saturated carbocycles. The highest BCUT2D eigenvalue weighted by atomic mass is 16.4. The summed E-state index contributed by atoms with van der Waals surface area (Å²) in [5, 5.41) is 30.1. The minimum atomic E-state index is -1.07. The number of hydrogen-bond donors (Lipinski definition) is 3. The number of aromatic hydroxyl groups is 1. The lowest BCUT2D eigenvalue weighted by atomic mass is 9.53. The lowest BCUT2D eigenvalue weighted by Crippen LogP contribution is -2.51. The standard InChI is InChI=1S/C20H26O4/c1-19-8-6-15-14-5-3-13(21)10-12(14)2-4-16(15)17(19)7-9-20(19,24)11-18(22)23/h3,5,10,15-17,21,24H,2,4,6-9,11H2,1H3,(H,22,23)/t15-,16-,17+,19+,20?/m1/s1. The molecule has 4 heteroatoms. The van der Waals surface area contributed by atoms with Crippen molar-refractivity contribution in [3.8, 4) is 5.75 Å². The Hall–Kier alpha value is -1.55. The maximum atomic E-state index is 11.3. The molecule has 1 aromatic rings. The second-order valence-corrected chi connectivity index (χ2v) is 8.40. The first kappa shape index (κ1) is 15.9. The minimum absolute atomic E-state index is 0.137. The summed E-state index contributed by atoms with van der Waals surface area (Å²) in [7, 11) is 0. The number of phenolic OH excluding ortho intramolecular Hbond substituents is 1. The fourth-order valence-electron chi connectivity index (χ4n) is 6.22. The number of aliphatic hydroxyl groups is 1. The molecular weight excluding hydrogens is 304 g/mol. The number of carboxylic acid groups (broad SMARTS) is 1. The van der Waals surface area contributed by atoms with E-state index in [-0.39, 0.29) is 11.8 Å². The Labute approximate surface area is 142 Å². The Kier molecular flexibility index (Phi) is 3.47. The maximum Gasteiger partial charge on any atom is 0.306 e. The molecule has 0 radical (unpaired) electrons. The van der Waals surface area contributed by atoms with Gasteiger partial charge in [0.25, 0.3) is 0 Å².